The van der Waals surface area contributed by atoms with Crippen molar-refractivity contribution in [3.05, 3.63) is 35.4 Å². The van der Waals surface area contributed by atoms with E-state index >= 15 is 0 Å². The maximum atomic E-state index is 12.9. The summed E-state index contributed by atoms with van der Waals surface area (Å²) in [5.41, 5.74) is 2.73. The van der Waals surface area contributed by atoms with E-state index in [0.29, 0.717) is 19.4 Å². The van der Waals surface area contributed by atoms with Gasteiger partial charge >= 0.3 is 5.97 Å². The zero-order valence-corrected chi connectivity index (χ0v) is 16.5. The molecule has 0 aliphatic carbocycles. The van der Waals surface area contributed by atoms with Gasteiger partial charge < -0.3 is 14.9 Å². The van der Waals surface area contributed by atoms with E-state index in [1.54, 1.807) is 0 Å². The molecule has 0 aromatic heterocycles. The van der Waals surface area contributed by atoms with Crippen molar-refractivity contribution in [2.45, 2.75) is 58.4 Å². The highest BCUT2D eigenvalue weighted by atomic mass is 16.4. The molecule has 1 aromatic carbocycles. The molecule has 1 fully saturated rings. The van der Waals surface area contributed by atoms with Crippen molar-refractivity contribution >= 4 is 11.9 Å². The summed E-state index contributed by atoms with van der Waals surface area (Å²) in [5, 5.41) is 8.86. The zero-order valence-electron chi connectivity index (χ0n) is 16.5. The summed E-state index contributed by atoms with van der Waals surface area (Å²) in [6.07, 6.45) is 5.33. The normalized spacial score (nSPS) is 23.1. The van der Waals surface area contributed by atoms with E-state index in [4.69, 9.17) is 5.11 Å². The van der Waals surface area contributed by atoms with Crippen LogP contribution in [-0.4, -0.2) is 53.0 Å². The van der Waals surface area contributed by atoms with Crippen LogP contribution in [0.2, 0.25) is 0 Å². The lowest BCUT2D eigenvalue weighted by Crippen LogP contribution is -2.50. The van der Waals surface area contributed by atoms with Gasteiger partial charge in [0.15, 0.2) is 0 Å². The quantitative estimate of drug-likeness (QED) is 0.832. The topological polar surface area (TPSA) is 60.9 Å². The molecule has 5 nitrogen and oxygen atoms in total. The first-order valence-corrected chi connectivity index (χ1v) is 10.3. The van der Waals surface area contributed by atoms with Crippen LogP contribution in [0.4, 0.5) is 0 Å². The molecular weight excluding hydrogens is 340 g/mol. The molecule has 1 saturated heterocycles. The largest absolute Gasteiger partial charge is 0.481 e. The fourth-order valence-corrected chi connectivity index (χ4v) is 4.83. The van der Waals surface area contributed by atoms with Crippen molar-refractivity contribution in [2.24, 2.45) is 5.41 Å². The van der Waals surface area contributed by atoms with Gasteiger partial charge in [0, 0.05) is 37.9 Å². The van der Waals surface area contributed by atoms with Crippen molar-refractivity contribution in [1.29, 1.82) is 0 Å². The minimum Gasteiger partial charge on any atom is -0.481 e. The summed E-state index contributed by atoms with van der Waals surface area (Å²) in [6, 6.07) is 8.50. The second-order valence-corrected chi connectivity index (χ2v) is 8.32. The number of piperidine rings is 1. The van der Waals surface area contributed by atoms with E-state index in [2.05, 4.69) is 30.0 Å². The highest BCUT2D eigenvalue weighted by molar-refractivity contribution is 5.77. The molecule has 1 aromatic rings. The average molecular weight is 373 g/mol. The van der Waals surface area contributed by atoms with Crippen molar-refractivity contribution in [1.82, 2.24) is 9.80 Å². The number of hydrogen-bond acceptors (Lipinski definition) is 3. The van der Waals surface area contributed by atoms with E-state index < -0.39 is 5.97 Å². The van der Waals surface area contributed by atoms with Gasteiger partial charge in [-0.1, -0.05) is 31.2 Å². The highest BCUT2D eigenvalue weighted by Gasteiger charge is 2.40. The van der Waals surface area contributed by atoms with Crippen LogP contribution in [0.3, 0.4) is 0 Å². The van der Waals surface area contributed by atoms with Crippen molar-refractivity contribution < 1.29 is 14.7 Å². The molecule has 148 valence electrons. The predicted octanol–water partition coefficient (Wildman–Crippen LogP) is 3.32. The van der Waals surface area contributed by atoms with Crippen molar-refractivity contribution in [2.75, 3.05) is 26.2 Å². The Morgan fingerprint density at radius 1 is 1.15 bits per heavy atom. The van der Waals surface area contributed by atoms with Gasteiger partial charge in [0.05, 0.1) is 0 Å². The number of carbonyl (C=O) groups excluding carboxylic acids is 1. The molecule has 1 spiro atoms. The second kappa shape index (κ2) is 8.87. The fourth-order valence-electron chi connectivity index (χ4n) is 4.83. The minimum atomic E-state index is -0.831. The lowest BCUT2D eigenvalue weighted by atomic mass is 9.74. The molecule has 1 N–H and O–H groups in total. The van der Waals surface area contributed by atoms with Gasteiger partial charge in [-0.25, -0.2) is 0 Å². The number of carboxylic acid groups (broad SMARTS) is 1. The van der Waals surface area contributed by atoms with E-state index in [9.17, 15) is 9.59 Å². The number of benzene rings is 1. The number of amides is 1. The first kappa shape index (κ1) is 19.9. The number of carboxylic acids is 1. The number of likely N-dealkylation sites (tertiary alicyclic amines) is 1. The van der Waals surface area contributed by atoms with Crippen molar-refractivity contribution in [3.8, 4) is 0 Å². The van der Waals surface area contributed by atoms with Crippen LogP contribution in [0.1, 0.15) is 56.6 Å². The van der Waals surface area contributed by atoms with Gasteiger partial charge in [-0.3, -0.25) is 9.59 Å². The van der Waals surface area contributed by atoms with Gasteiger partial charge in [0.25, 0.3) is 0 Å². The number of fused-ring (bicyclic) bond motifs is 1. The minimum absolute atomic E-state index is 0.0611. The van der Waals surface area contributed by atoms with Crippen LogP contribution in [0.25, 0.3) is 0 Å². The molecule has 0 bridgehead atoms. The van der Waals surface area contributed by atoms with Crippen molar-refractivity contribution in [3.63, 3.8) is 0 Å². The molecule has 0 radical (unpaired) electrons. The lowest BCUT2D eigenvalue weighted by molar-refractivity contribution is -0.137. The van der Waals surface area contributed by atoms with E-state index in [0.717, 1.165) is 45.4 Å². The Bertz CT molecular complexity index is 673. The number of aliphatic carboxylic acids is 1. The Kier molecular flexibility index (Phi) is 6.53. The van der Waals surface area contributed by atoms with Crippen LogP contribution in [0.15, 0.2) is 24.3 Å². The number of carbonyl (C=O) groups is 2. The van der Waals surface area contributed by atoms with E-state index in [1.165, 1.54) is 17.5 Å². The SMILES string of the molecule is CCCN1CCCC2(Cc3ccccc3CN(C(=O)CCCC(=O)O)C2)C1. The monoisotopic (exact) mass is 372 g/mol. The molecule has 2 heterocycles. The average Bonchev–Trinajstić information content (AvgIpc) is 2.78. The molecule has 5 heteroatoms. The first-order chi connectivity index (χ1) is 13.0. The maximum absolute atomic E-state index is 12.9. The third-order valence-corrected chi connectivity index (χ3v) is 5.99. The van der Waals surface area contributed by atoms with Crippen LogP contribution in [0, 0.1) is 5.41 Å². The lowest BCUT2D eigenvalue weighted by Gasteiger charge is -2.44. The zero-order chi connectivity index (χ0) is 19.3. The Morgan fingerprint density at radius 2 is 1.93 bits per heavy atom. The fraction of sp³-hybridized carbons (Fsp3) is 0.636. The summed E-state index contributed by atoms with van der Waals surface area (Å²) in [6.45, 7) is 6.99. The Hall–Kier alpha value is -1.88. The number of nitrogens with zero attached hydrogens (tertiary/aromatic N) is 2. The van der Waals surface area contributed by atoms with Gasteiger partial charge in [0.1, 0.15) is 0 Å². The standard InChI is InChI=1S/C22H32N2O3/c1-2-12-23-13-6-11-22(16-23)14-18-7-3-4-8-19(18)15-24(17-22)20(25)9-5-10-21(26)27/h3-4,7-8H,2,5-6,9-17H2,1H3,(H,26,27). The molecule has 0 saturated carbocycles. The van der Waals surface area contributed by atoms with Gasteiger partial charge in [0.2, 0.25) is 5.91 Å². The Labute approximate surface area is 162 Å². The maximum Gasteiger partial charge on any atom is 0.303 e. The molecule has 1 unspecified atom stereocenters. The summed E-state index contributed by atoms with van der Waals surface area (Å²) in [4.78, 5) is 28.2. The first-order valence-electron chi connectivity index (χ1n) is 10.3. The molecule has 2 aliphatic heterocycles. The van der Waals surface area contributed by atoms with E-state index in [-0.39, 0.29) is 17.7 Å². The van der Waals surface area contributed by atoms with Gasteiger partial charge in [-0.2, -0.15) is 0 Å². The van der Waals surface area contributed by atoms with Crippen LogP contribution >= 0.6 is 0 Å². The van der Waals surface area contributed by atoms with Gasteiger partial charge in [-0.05, 0) is 56.3 Å². The third kappa shape index (κ3) is 5.10. The summed E-state index contributed by atoms with van der Waals surface area (Å²) in [7, 11) is 0. The Morgan fingerprint density at radius 3 is 2.67 bits per heavy atom. The molecule has 1 atom stereocenters. The van der Waals surface area contributed by atoms with Crippen LogP contribution < -0.4 is 0 Å². The third-order valence-electron chi connectivity index (χ3n) is 5.99. The smallest absolute Gasteiger partial charge is 0.303 e. The molecule has 2 aliphatic rings. The predicted molar refractivity (Wildman–Crippen MR) is 105 cm³/mol. The second-order valence-electron chi connectivity index (χ2n) is 8.32. The summed E-state index contributed by atoms with van der Waals surface area (Å²) in [5.74, 6) is -0.733. The van der Waals surface area contributed by atoms with E-state index in [1.807, 2.05) is 11.0 Å². The molecule has 3 rings (SSSR count). The van der Waals surface area contributed by atoms with Crippen LogP contribution in [-0.2, 0) is 22.6 Å². The number of rotatable bonds is 6. The summed E-state index contributed by atoms with van der Waals surface area (Å²) >= 11 is 0. The molecule has 27 heavy (non-hydrogen) atoms. The molecular formula is C22H32N2O3. The number of hydrogen-bond donors (Lipinski definition) is 1. The highest BCUT2D eigenvalue weighted by Crippen LogP contribution is 2.38. The summed E-state index contributed by atoms with van der Waals surface area (Å²) < 4.78 is 0. The Balaban J connectivity index is 1.80. The molecule has 1 amide bonds. The van der Waals surface area contributed by atoms with Crippen LogP contribution in [0.5, 0.6) is 0 Å². The van der Waals surface area contributed by atoms with Gasteiger partial charge in [-0.15, -0.1) is 0 Å².